The number of nitrogens with one attached hydrogen (secondary N) is 2. The molecule has 0 saturated carbocycles. The van der Waals surface area contributed by atoms with Gasteiger partial charge in [0.2, 0.25) is 11.0 Å². The summed E-state index contributed by atoms with van der Waals surface area (Å²) in [6.45, 7) is 0. The van der Waals surface area contributed by atoms with Gasteiger partial charge in [0, 0.05) is 15.5 Å². The maximum Gasteiger partial charge on any atom is 0.218 e. The van der Waals surface area contributed by atoms with E-state index in [-0.39, 0.29) is 16.8 Å². The SMILES string of the molecule is Oc1[nH]c2ccc(Br)cc2c1N=NC(=S)Nc1ccc(F)cc1. The Morgan fingerprint density at radius 3 is 2.70 bits per heavy atom. The molecule has 0 bridgehead atoms. The van der Waals surface area contributed by atoms with E-state index in [0.717, 1.165) is 9.99 Å². The summed E-state index contributed by atoms with van der Waals surface area (Å²) in [7, 11) is 0. The number of azo groups is 1. The molecule has 116 valence electrons. The first-order chi connectivity index (χ1) is 11.0. The van der Waals surface area contributed by atoms with Gasteiger partial charge >= 0.3 is 0 Å². The first kappa shape index (κ1) is 15.6. The molecular formula is C15H10BrFN4OS. The number of H-pyrrole nitrogens is 1. The van der Waals surface area contributed by atoms with Crippen LogP contribution in [-0.4, -0.2) is 15.2 Å². The van der Waals surface area contributed by atoms with Crippen LogP contribution in [0.1, 0.15) is 0 Å². The summed E-state index contributed by atoms with van der Waals surface area (Å²) in [5.74, 6) is -0.427. The van der Waals surface area contributed by atoms with E-state index in [2.05, 4.69) is 36.5 Å². The molecule has 23 heavy (non-hydrogen) atoms. The topological polar surface area (TPSA) is 72.8 Å². The number of benzene rings is 2. The largest absolute Gasteiger partial charge is 0.493 e. The quantitative estimate of drug-likeness (QED) is 0.411. The average Bonchev–Trinajstić information content (AvgIpc) is 2.82. The molecule has 0 aliphatic rings. The molecule has 0 saturated heterocycles. The molecule has 3 rings (SSSR count). The van der Waals surface area contributed by atoms with Crippen LogP contribution in [0.25, 0.3) is 10.9 Å². The van der Waals surface area contributed by atoms with Crippen LogP contribution in [0, 0.1) is 5.82 Å². The third-order valence-electron chi connectivity index (χ3n) is 3.05. The van der Waals surface area contributed by atoms with Gasteiger partial charge in [0.05, 0.1) is 5.52 Å². The van der Waals surface area contributed by atoms with Crippen molar-refractivity contribution in [2.24, 2.45) is 10.2 Å². The lowest BCUT2D eigenvalue weighted by molar-refractivity contribution is 0.459. The fourth-order valence-electron chi connectivity index (χ4n) is 2.01. The van der Waals surface area contributed by atoms with E-state index >= 15 is 0 Å². The molecule has 0 aliphatic carbocycles. The minimum atomic E-state index is -0.336. The Bertz CT molecular complexity index is 908. The van der Waals surface area contributed by atoms with E-state index in [1.54, 1.807) is 0 Å². The Kier molecular flexibility index (Phi) is 4.35. The number of fused-ring (bicyclic) bond motifs is 1. The first-order valence-corrected chi connectivity index (χ1v) is 7.71. The molecule has 0 spiro atoms. The van der Waals surface area contributed by atoms with Crippen molar-refractivity contribution in [1.82, 2.24) is 4.98 Å². The van der Waals surface area contributed by atoms with Gasteiger partial charge in [0.1, 0.15) is 5.82 Å². The summed E-state index contributed by atoms with van der Waals surface area (Å²) in [4.78, 5) is 2.81. The van der Waals surface area contributed by atoms with Crippen molar-refractivity contribution in [2.45, 2.75) is 0 Å². The number of thiocarbonyl (C=S) groups is 1. The van der Waals surface area contributed by atoms with E-state index in [9.17, 15) is 9.50 Å². The summed E-state index contributed by atoms with van der Waals surface area (Å²) < 4.78 is 13.7. The summed E-state index contributed by atoms with van der Waals surface area (Å²) >= 11 is 8.44. The second kappa shape index (κ2) is 6.43. The highest BCUT2D eigenvalue weighted by molar-refractivity contribution is 9.10. The van der Waals surface area contributed by atoms with Crippen molar-refractivity contribution in [1.29, 1.82) is 0 Å². The van der Waals surface area contributed by atoms with Gasteiger partial charge in [-0.2, -0.15) is 0 Å². The molecule has 0 radical (unpaired) electrons. The number of hydrogen-bond donors (Lipinski definition) is 3. The third-order valence-corrected chi connectivity index (χ3v) is 3.73. The average molecular weight is 393 g/mol. The molecule has 0 aliphatic heterocycles. The molecule has 0 fully saturated rings. The predicted molar refractivity (Wildman–Crippen MR) is 94.8 cm³/mol. The van der Waals surface area contributed by atoms with E-state index in [1.165, 1.54) is 24.3 Å². The Balaban J connectivity index is 1.82. The van der Waals surface area contributed by atoms with Gasteiger partial charge < -0.3 is 15.4 Å². The Morgan fingerprint density at radius 2 is 1.96 bits per heavy atom. The maximum absolute atomic E-state index is 12.8. The summed E-state index contributed by atoms with van der Waals surface area (Å²) in [5, 5.41) is 21.4. The van der Waals surface area contributed by atoms with Gasteiger partial charge in [0.15, 0.2) is 5.69 Å². The Morgan fingerprint density at radius 1 is 1.22 bits per heavy atom. The number of aromatic hydroxyl groups is 1. The third kappa shape index (κ3) is 3.54. The van der Waals surface area contributed by atoms with E-state index in [0.29, 0.717) is 16.8 Å². The van der Waals surface area contributed by atoms with Crippen molar-refractivity contribution >= 4 is 55.5 Å². The van der Waals surface area contributed by atoms with Crippen molar-refractivity contribution in [3.8, 4) is 5.88 Å². The van der Waals surface area contributed by atoms with Gasteiger partial charge in [-0.3, -0.25) is 0 Å². The van der Waals surface area contributed by atoms with Gasteiger partial charge in [-0.1, -0.05) is 15.9 Å². The number of aromatic nitrogens is 1. The van der Waals surface area contributed by atoms with Crippen molar-refractivity contribution in [2.75, 3.05) is 5.32 Å². The highest BCUT2D eigenvalue weighted by atomic mass is 79.9. The molecule has 1 aromatic heterocycles. The van der Waals surface area contributed by atoms with Crippen molar-refractivity contribution in [3.63, 3.8) is 0 Å². The van der Waals surface area contributed by atoms with Crippen LogP contribution in [0.15, 0.2) is 57.2 Å². The lowest BCUT2D eigenvalue weighted by Gasteiger charge is -2.02. The number of nitrogens with zero attached hydrogens (tertiary/aromatic N) is 2. The van der Waals surface area contributed by atoms with Crippen LogP contribution >= 0.6 is 28.1 Å². The smallest absolute Gasteiger partial charge is 0.218 e. The Hall–Kier alpha value is -2.32. The lowest BCUT2D eigenvalue weighted by Crippen LogP contribution is -2.04. The van der Waals surface area contributed by atoms with Gasteiger partial charge in [0.25, 0.3) is 0 Å². The zero-order chi connectivity index (χ0) is 16.4. The lowest BCUT2D eigenvalue weighted by atomic mass is 10.2. The van der Waals surface area contributed by atoms with Gasteiger partial charge in [-0.15, -0.1) is 10.2 Å². The fourth-order valence-corrected chi connectivity index (χ4v) is 2.53. The Labute approximate surface area is 144 Å². The molecular weight excluding hydrogens is 383 g/mol. The minimum absolute atomic E-state index is 0.0913. The minimum Gasteiger partial charge on any atom is -0.493 e. The molecule has 2 aromatic carbocycles. The van der Waals surface area contributed by atoms with Crippen molar-refractivity contribution in [3.05, 3.63) is 52.8 Å². The van der Waals surface area contributed by atoms with E-state index < -0.39 is 0 Å². The molecule has 0 amide bonds. The first-order valence-electron chi connectivity index (χ1n) is 6.51. The zero-order valence-electron chi connectivity index (χ0n) is 11.5. The van der Waals surface area contributed by atoms with Crippen LogP contribution < -0.4 is 5.32 Å². The number of halogens is 2. The monoisotopic (exact) mass is 392 g/mol. The maximum atomic E-state index is 12.8. The summed E-state index contributed by atoms with van der Waals surface area (Å²) in [6, 6.07) is 11.2. The highest BCUT2D eigenvalue weighted by Crippen LogP contribution is 2.36. The standard InChI is InChI=1S/C15H10BrFN4OS/c16-8-1-6-12-11(7-8)13(14(22)19-12)20-21-15(23)18-10-4-2-9(17)3-5-10/h1-7,19,22H,(H,18,23). The second-order valence-corrected chi connectivity index (χ2v) is 5.95. The number of rotatable bonds is 2. The fraction of sp³-hybridized carbons (Fsp3) is 0. The summed E-state index contributed by atoms with van der Waals surface area (Å²) in [6.07, 6.45) is 0. The molecule has 1 heterocycles. The van der Waals surface area contributed by atoms with E-state index in [4.69, 9.17) is 12.2 Å². The number of aromatic amines is 1. The molecule has 8 heteroatoms. The number of hydrogen-bond acceptors (Lipinski definition) is 3. The second-order valence-electron chi connectivity index (χ2n) is 4.65. The van der Waals surface area contributed by atoms with Crippen LogP contribution in [0.4, 0.5) is 15.8 Å². The van der Waals surface area contributed by atoms with E-state index in [1.807, 2.05) is 18.2 Å². The summed E-state index contributed by atoms with van der Waals surface area (Å²) in [5.41, 5.74) is 1.63. The molecule has 3 N–H and O–H groups in total. The van der Waals surface area contributed by atoms with Crippen LogP contribution in [-0.2, 0) is 0 Å². The van der Waals surface area contributed by atoms with Crippen LogP contribution in [0.3, 0.4) is 0 Å². The van der Waals surface area contributed by atoms with Crippen molar-refractivity contribution < 1.29 is 9.50 Å². The molecule has 0 unspecified atom stereocenters. The van der Waals surface area contributed by atoms with Gasteiger partial charge in [-0.25, -0.2) is 4.39 Å². The molecule has 3 aromatic rings. The molecule has 0 atom stereocenters. The molecule has 5 nitrogen and oxygen atoms in total. The predicted octanol–water partition coefficient (Wildman–Crippen LogP) is 5.26. The normalized spacial score (nSPS) is 11.2. The van der Waals surface area contributed by atoms with Gasteiger partial charge in [-0.05, 0) is 54.7 Å². The van der Waals surface area contributed by atoms with Crippen LogP contribution in [0.5, 0.6) is 5.88 Å². The highest BCUT2D eigenvalue weighted by Gasteiger charge is 2.10. The van der Waals surface area contributed by atoms with Crippen LogP contribution in [0.2, 0.25) is 0 Å². The number of anilines is 1. The zero-order valence-corrected chi connectivity index (χ0v) is 13.9.